The van der Waals surface area contributed by atoms with Gasteiger partial charge in [0.25, 0.3) is 0 Å². The van der Waals surface area contributed by atoms with Crippen molar-refractivity contribution in [3.63, 3.8) is 0 Å². The van der Waals surface area contributed by atoms with Gasteiger partial charge in [-0.1, -0.05) is 6.08 Å². The van der Waals surface area contributed by atoms with Gasteiger partial charge >= 0.3 is 0 Å². The van der Waals surface area contributed by atoms with Crippen LogP contribution in [0.25, 0.3) is 0 Å². The Morgan fingerprint density at radius 1 is 1.62 bits per heavy atom. The summed E-state index contributed by atoms with van der Waals surface area (Å²) in [6.07, 6.45) is 1.65. The normalized spacial score (nSPS) is 24.8. The third-order valence-corrected chi connectivity index (χ3v) is 2.55. The van der Waals surface area contributed by atoms with Crippen molar-refractivity contribution < 1.29 is 9.53 Å². The standard InChI is InChI=1S/C11H20N2O2.ClH/c1-4-5-15-8-11(14)13-7-9(2)12-6-10(13)3;/h4,9-10,12H,1,5-8H2,2-3H3;1H. The summed E-state index contributed by atoms with van der Waals surface area (Å²) in [4.78, 5) is 13.6. The highest BCUT2D eigenvalue weighted by Gasteiger charge is 2.26. The first kappa shape index (κ1) is 15.4. The quantitative estimate of drug-likeness (QED) is 0.592. The van der Waals surface area contributed by atoms with Crippen LogP contribution in [0, 0.1) is 0 Å². The molecule has 1 aliphatic rings. The van der Waals surface area contributed by atoms with E-state index in [0.717, 1.165) is 13.1 Å². The molecule has 1 N–H and O–H groups in total. The van der Waals surface area contributed by atoms with Crippen LogP contribution in [-0.4, -0.2) is 49.2 Å². The van der Waals surface area contributed by atoms with E-state index in [1.165, 1.54) is 0 Å². The van der Waals surface area contributed by atoms with Crippen LogP contribution in [0.2, 0.25) is 0 Å². The van der Waals surface area contributed by atoms with Crippen molar-refractivity contribution in [2.24, 2.45) is 0 Å². The molecule has 1 fully saturated rings. The lowest BCUT2D eigenvalue weighted by molar-refractivity contribution is -0.139. The molecule has 2 unspecified atom stereocenters. The summed E-state index contributed by atoms with van der Waals surface area (Å²) >= 11 is 0. The van der Waals surface area contributed by atoms with Gasteiger partial charge in [-0.2, -0.15) is 0 Å². The smallest absolute Gasteiger partial charge is 0.248 e. The number of carbonyl (C=O) groups excluding carboxylic acids is 1. The maximum Gasteiger partial charge on any atom is 0.248 e. The summed E-state index contributed by atoms with van der Waals surface area (Å²) in [6.45, 7) is 9.87. The van der Waals surface area contributed by atoms with Crippen LogP contribution in [0.4, 0.5) is 0 Å². The second-order valence-electron chi connectivity index (χ2n) is 4.01. The number of hydrogen-bond donors (Lipinski definition) is 1. The van der Waals surface area contributed by atoms with E-state index in [-0.39, 0.29) is 31.0 Å². The van der Waals surface area contributed by atoms with Crippen LogP contribution < -0.4 is 5.32 Å². The second-order valence-corrected chi connectivity index (χ2v) is 4.01. The van der Waals surface area contributed by atoms with Gasteiger partial charge in [-0.15, -0.1) is 19.0 Å². The molecule has 1 aliphatic heterocycles. The van der Waals surface area contributed by atoms with Crippen molar-refractivity contribution in [1.29, 1.82) is 0 Å². The average Bonchev–Trinajstić information content (AvgIpc) is 2.22. The minimum absolute atomic E-state index is 0. The third-order valence-electron chi connectivity index (χ3n) is 2.55. The highest BCUT2D eigenvalue weighted by molar-refractivity contribution is 5.85. The van der Waals surface area contributed by atoms with Crippen molar-refractivity contribution in [1.82, 2.24) is 10.2 Å². The fraction of sp³-hybridized carbons (Fsp3) is 0.727. The van der Waals surface area contributed by atoms with Crippen LogP contribution in [0.15, 0.2) is 12.7 Å². The number of halogens is 1. The molecule has 0 aromatic heterocycles. The van der Waals surface area contributed by atoms with E-state index in [1.807, 2.05) is 11.8 Å². The number of carbonyl (C=O) groups is 1. The molecule has 0 aromatic rings. The Balaban J connectivity index is 0.00000225. The largest absolute Gasteiger partial charge is 0.368 e. The Bertz CT molecular complexity index is 236. The van der Waals surface area contributed by atoms with Crippen molar-refractivity contribution in [3.05, 3.63) is 12.7 Å². The van der Waals surface area contributed by atoms with Gasteiger partial charge in [-0.05, 0) is 13.8 Å². The molecule has 0 bridgehead atoms. The van der Waals surface area contributed by atoms with Gasteiger partial charge in [-0.25, -0.2) is 0 Å². The summed E-state index contributed by atoms with van der Waals surface area (Å²) in [5.41, 5.74) is 0. The summed E-state index contributed by atoms with van der Waals surface area (Å²) in [7, 11) is 0. The fourth-order valence-electron chi connectivity index (χ4n) is 1.68. The first-order chi connectivity index (χ1) is 7.15. The van der Waals surface area contributed by atoms with E-state index in [9.17, 15) is 4.79 Å². The topological polar surface area (TPSA) is 41.6 Å². The Hall–Kier alpha value is -0.580. The molecule has 5 heteroatoms. The zero-order valence-electron chi connectivity index (χ0n) is 9.94. The van der Waals surface area contributed by atoms with Crippen LogP contribution in [0.1, 0.15) is 13.8 Å². The molecule has 16 heavy (non-hydrogen) atoms. The number of hydrogen-bond acceptors (Lipinski definition) is 3. The fourth-order valence-corrected chi connectivity index (χ4v) is 1.68. The number of rotatable bonds is 4. The molecule has 1 saturated heterocycles. The molecular weight excluding hydrogens is 228 g/mol. The molecule has 0 saturated carbocycles. The molecule has 4 nitrogen and oxygen atoms in total. The van der Waals surface area contributed by atoms with Gasteiger partial charge in [0, 0.05) is 25.2 Å². The lowest BCUT2D eigenvalue weighted by Crippen LogP contribution is -2.57. The average molecular weight is 249 g/mol. The van der Waals surface area contributed by atoms with E-state index in [2.05, 4.69) is 18.8 Å². The van der Waals surface area contributed by atoms with Crippen molar-refractivity contribution in [2.75, 3.05) is 26.3 Å². The minimum atomic E-state index is 0. The first-order valence-corrected chi connectivity index (χ1v) is 5.36. The maximum absolute atomic E-state index is 11.8. The lowest BCUT2D eigenvalue weighted by Gasteiger charge is -2.37. The van der Waals surface area contributed by atoms with E-state index in [1.54, 1.807) is 6.08 Å². The van der Waals surface area contributed by atoms with Crippen LogP contribution in [0.5, 0.6) is 0 Å². The molecule has 1 heterocycles. The van der Waals surface area contributed by atoms with E-state index in [4.69, 9.17) is 4.74 Å². The summed E-state index contributed by atoms with van der Waals surface area (Å²) in [5.74, 6) is 0.0673. The molecular formula is C11H21ClN2O2. The maximum atomic E-state index is 11.8. The van der Waals surface area contributed by atoms with E-state index >= 15 is 0 Å². The molecule has 0 radical (unpaired) electrons. The van der Waals surface area contributed by atoms with Crippen LogP contribution in [0.3, 0.4) is 0 Å². The molecule has 0 aromatic carbocycles. The van der Waals surface area contributed by atoms with Gasteiger partial charge < -0.3 is 15.0 Å². The molecule has 94 valence electrons. The first-order valence-electron chi connectivity index (χ1n) is 5.36. The molecule has 0 aliphatic carbocycles. The van der Waals surface area contributed by atoms with Crippen LogP contribution in [-0.2, 0) is 9.53 Å². The Labute approximate surface area is 103 Å². The molecule has 2 atom stereocenters. The van der Waals surface area contributed by atoms with Crippen molar-refractivity contribution >= 4 is 18.3 Å². The summed E-state index contributed by atoms with van der Waals surface area (Å²) in [6, 6.07) is 0.616. The highest BCUT2D eigenvalue weighted by Crippen LogP contribution is 2.06. The summed E-state index contributed by atoms with van der Waals surface area (Å²) in [5, 5.41) is 3.33. The van der Waals surface area contributed by atoms with Gasteiger partial charge in [0.1, 0.15) is 6.61 Å². The number of nitrogens with one attached hydrogen (secondary N) is 1. The predicted octanol–water partition coefficient (Wildman–Crippen LogP) is 0.820. The lowest BCUT2D eigenvalue weighted by atomic mass is 10.1. The third kappa shape index (κ3) is 4.51. The van der Waals surface area contributed by atoms with Crippen molar-refractivity contribution in [3.8, 4) is 0 Å². The Morgan fingerprint density at radius 3 is 2.94 bits per heavy atom. The van der Waals surface area contributed by atoms with Crippen molar-refractivity contribution in [2.45, 2.75) is 25.9 Å². The highest BCUT2D eigenvalue weighted by atomic mass is 35.5. The Kier molecular flexibility index (Phi) is 7.38. The number of ether oxygens (including phenoxy) is 1. The predicted molar refractivity (Wildman–Crippen MR) is 66.9 cm³/mol. The molecule has 1 amide bonds. The monoisotopic (exact) mass is 248 g/mol. The molecule has 1 rings (SSSR count). The zero-order valence-corrected chi connectivity index (χ0v) is 10.8. The second kappa shape index (κ2) is 7.65. The van der Waals surface area contributed by atoms with Gasteiger partial charge in [0.05, 0.1) is 6.61 Å². The summed E-state index contributed by atoms with van der Waals surface area (Å²) < 4.78 is 5.15. The molecule has 0 spiro atoms. The number of piperazine rings is 1. The minimum Gasteiger partial charge on any atom is -0.368 e. The van der Waals surface area contributed by atoms with Gasteiger partial charge in [-0.3, -0.25) is 4.79 Å². The van der Waals surface area contributed by atoms with Gasteiger partial charge in [0.15, 0.2) is 0 Å². The number of nitrogens with zero attached hydrogens (tertiary/aromatic N) is 1. The van der Waals surface area contributed by atoms with Crippen LogP contribution >= 0.6 is 12.4 Å². The van der Waals surface area contributed by atoms with E-state index < -0.39 is 0 Å². The number of amides is 1. The Morgan fingerprint density at radius 2 is 2.31 bits per heavy atom. The van der Waals surface area contributed by atoms with Gasteiger partial charge in [0.2, 0.25) is 5.91 Å². The zero-order chi connectivity index (χ0) is 11.3. The SMILES string of the molecule is C=CCOCC(=O)N1CC(C)NCC1C.Cl. The van der Waals surface area contributed by atoms with E-state index in [0.29, 0.717) is 12.6 Å².